The van der Waals surface area contributed by atoms with Gasteiger partial charge in [0.05, 0.1) is 6.10 Å². The second-order valence-electron chi connectivity index (χ2n) is 6.77. The highest BCUT2D eigenvalue weighted by Crippen LogP contribution is 2.06. The van der Waals surface area contributed by atoms with Gasteiger partial charge in [0.2, 0.25) is 17.7 Å². The molecule has 0 aliphatic heterocycles. The number of aliphatic carboxylic acids is 1. The lowest BCUT2D eigenvalue weighted by atomic mass is 10.0. The van der Waals surface area contributed by atoms with Gasteiger partial charge in [0.25, 0.3) is 0 Å². The van der Waals surface area contributed by atoms with Crippen molar-refractivity contribution in [3.8, 4) is 0 Å². The van der Waals surface area contributed by atoms with Gasteiger partial charge in [-0.25, -0.2) is 0 Å². The molecule has 0 saturated carbocycles. The van der Waals surface area contributed by atoms with Gasteiger partial charge in [-0.15, -0.1) is 0 Å². The number of carbonyl (C=O) groups is 4. The van der Waals surface area contributed by atoms with Gasteiger partial charge in [-0.1, -0.05) is 13.8 Å². The number of aliphatic hydroxyl groups excluding tert-OH is 1. The van der Waals surface area contributed by atoms with Crippen molar-refractivity contribution in [2.24, 2.45) is 11.7 Å². The van der Waals surface area contributed by atoms with E-state index < -0.39 is 54.0 Å². The van der Waals surface area contributed by atoms with E-state index in [-0.39, 0.29) is 18.1 Å². The topological polar surface area (TPSA) is 171 Å². The molecule has 0 aliphatic carbocycles. The number of rotatable bonds is 11. The first-order chi connectivity index (χ1) is 12.4. The zero-order valence-corrected chi connectivity index (χ0v) is 16.8. The molecule has 5 atom stereocenters. The fourth-order valence-corrected chi connectivity index (χ4v) is 2.29. The van der Waals surface area contributed by atoms with E-state index in [2.05, 4.69) is 28.6 Å². The SMILES string of the molecule is CC(C)CC(NC(=O)C(CS)NC(=O)C(N)C(C)O)C(=O)NC(C)C(=O)O. The van der Waals surface area contributed by atoms with Gasteiger partial charge >= 0.3 is 5.97 Å². The third-order valence-electron chi connectivity index (χ3n) is 3.71. The Bertz CT molecular complexity index is 543. The Labute approximate surface area is 164 Å². The molecule has 3 amide bonds. The van der Waals surface area contributed by atoms with Crippen molar-refractivity contribution in [1.82, 2.24) is 16.0 Å². The number of carbonyl (C=O) groups excluding carboxylic acids is 3. The van der Waals surface area contributed by atoms with Crippen LogP contribution < -0.4 is 21.7 Å². The molecule has 10 nitrogen and oxygen atoms in total. The van der Waals surface area contributed by atoms with E-state index in [0.29, 0.717) is 0 Å². The molecule has 0 bridgehead atoms. The molecule has 0 rings (SSSR count). The van der Waals surface area contributed by atoms with Gasteiger partial charge in [0.1, 0.15) is 24.2 Å². The summed E-state index contributed by atoms with van der Waals surface area (Å²) in [6, 6.07) is -4.39. The lowest BCUT2D eigenvalue weighted by Crippen LogP contribution is -2.58. The molecule has 0 aromatic heterocycles. The first kappa shape index (κ1) is 25.1. The zero-order valence-electron chi connectivity index (χ0n) is 15.9. The second-order valence-corrected chi connectivity index (χ2v) is 7.13. The van der Waals surface area contributed by atoms with E-state index in [1.165, 1.54) is 13.8 Å². The van der Waals surface area contributed by atoms with Crippen LogP contribution in [0.25, 0.3) is 0 Å². The maximum Gasteiger partial charge on any atom is 0.325 e. The molecular weight excluding hydrogens is 376 g/mol. The third-order valence-corrected chi connectivity index (χ3v) is 4.07. The van der Waals surface area contributed by atoms with Crippen molar-refractivity contribution in [2.45, 2.75) is 64.4 Å². The molecule has 27 heavy (non-hydrogen) atoms. The fraction of sp³-hybridized carbons (Fsp3) is 0.750. The predicted molar refractivity (Wildman–Crippen MR) is 102 cm³/mol. The van der Waals surface area contributed by atoms with Crippen LogP contribution in [0, 0.1) is 5.92 Å². The molecule has 0 radical (unpaired) electrons. The first-order valence-corrected chi connectivity index (χ1v) is 9.22. The van der Waals surface area contributed by atoms with Crippen LogP contribution >= 0.6 is 12.6 Å². The normalized spacial score (nSPS) is 16.6. The molecule has 0 saturated heterocycles. The number of amides is 3. The standard InChI is InChI=1S/C16H30N4O6S/c1-7(2)5-10(13(22)18-8(3)16(25)26)19-14(23)11(6-27)20-15(24)12(17)9(4)21/h7-12,21,27H,5-6,17H2,1-4H3,(H,18,22)(H,19,23)(H,20,24)(H,25,26). The van der Waals surface area contributed by atoms with E-state index >= 15 is 0 Å². The highest BCUT2D eigenvalue weighted by Gasteiger charge is 2.29. The molecule has 0 aliphatic rings. The Balaban J connectivity index is 5.10. The molecular formula is C16H30N4O6S. The van der Waals surface area contributed by atoms with Gasteiger partial charge in [-0.3, -0.25) is 19.2 Å². The number of aliphatic hydroxyl groups is 1. The van der Waals surface area contributed by atoms with Crippen molar-refractivity contribution in [2.75, 3.05) is 5.75 Å². The van der Waals surface area contributed by atoms with Crippen LogP contribution in [0.15, 0.2) is 0 Å². The maximum atomic E-state index is 12.4. The summed E-state index contributed by atoms with van der Waals surface area (Å²) in [4.78, 5) is 47.6. The smallest absolute Gasteiger partial charge is 0.325 e. The second kappa shape index (κ2) is 11.8. The number of thiol groups is 1. The Hall–Kier alpha value is -1.85. The van der Waals surface area contributed by atoms with E-state index in [4.69, 9.17) is 10.8 Å². The van der Waals surface area contributed by atoms with Crippen LogP contribution in [0.3, 0.4) is 0 Å². The predicted octanol–water partition coefficient (Wildman–Crippen LogP) is -1.77. The molecule has 7 N–H and O–H groups in total. The summed E-state index contributed by atoms with van der Waals surface area (Å²) < 4.78 is 0. The first-order valence-electron chi connectivity index (χ1n) is 8.59. The lowest BCUT2D eigenvalue weighted by molar-refractivity contribution is -0.141. The zero-order chi connectivity index (χ0) is 21.3. The summed E-state index contributed by atoms with van der Waals surface area (Å²) >= 11 is 4.02. The highest BCUT2D eigenvalue weighted by molar-refractivity contribution is 7.80. The minimum absolute atomic E-state index is 0.0360. The summed E-state index contributed by atoms with van der Waals surface area (Å²) in [6.07, 6.45) is -0.838. The van der Waals surface area contributed by atoms with Crippen LogP contribution in [-0.4, -0.2) is 69.9 Å². The number of nitrogens with one attached hydrogen (secondary N) is 3. The van der Waals surface area contributed by atoms with Crippen molar-refractivity contribution in [1.29, 1.82) is 0 Å². The summed E-state index contributed by atoms with van der Waals surface area (Å²) in [5.41, 5.74) is 5.52. The Morgan fingerprint density at radius 3 is 1.81 bits per heavy atom. The number of hydrogen-bond acceptors (Lipinski definition) is 7. The van der Waals surface area contributed by atoms with Crippen LogP contribution in [0.5, 0.6) is 0 Å². The summed E-state index contributed by atoms with van der Waals surface area (Å²) in [6.45, 7) is 6.33. The number of carboxylic acids is 1. The van der Waals surface area contributed by atoms with Gasteiger partial charge in [0.15, 0.2) is 0 Å². The number of carboxylic acid groups (broad SMARTS) is 1. The Morgan fingerprint density at radius 1 is 0.926 bits per heavy atom. The highest BCUT2D eigenvalue weighted by atomic mass is 32.1. The summed E-state index contributed by atoms with van der Waals surface area (Å²) in [7, 11) is 0. The molecule has 0 aromatic rings. The monoisotopic (exact) mass is 406 g/mol. The molecule has 0 spiro atoms. The molecule has 156 valence electrons. The van der Waals surface area contributed by atoms with Crippen molar-refractivity contribution >= 4 is 36.3 Å². The van der Waals surface area contributed by atoms with Crippen LogP contribution in [0.4, 0.5) is 0 Å². The van der Waals surface area contributed by atoms with Gasteiger partial charge < -0.3 is 31.9 Å². The lowest BCUT2D eigenvalue weighted by Gasteiger charge is -2.25. The largest absolute Gasteiger partial charge is 0.480 e. The molecule has 0 aromatic carbocycles. The van der Waals surface area contributed by atoms with Crippen molar-refractivity contribution < 1.29 is 29.4 Å². The van der Waals surface area contributed by atoms with E-state index in [1.54, 1.807) is 0 Å². The molecule has 11 heteroatoms. The summed E-state index contributed by atoms with van der Waals surface area (Å²) in [5, 5.41) is 25.4. The van der Waals surface area contributed by atoms with E-state index in [9.17, 15) is 24.3 Å². The van der Waals surface area contributed by atoms with Crippen LogP contribution in [0.2, 0.25) is 0 Å². The quantitative estimate of drug-likeness (QED) is 0.199. The Morgan fingerprint density at radius 2 is 1.41 bits per heavy atom. The van der Waals surface area contributed by atoms with Crippen LogP contribution in [0.1, 0.15) is 34.1 Å². The summed E-state index contributed by atoms with van der Waals surface area (Å²) in [5.74, 6) is -3.27. The van der Waals surface area contributed by atoms with Crippen molar-refractivity contribution in [3.05, 3.63) is 0 Å². The Kier molecular flexibility index (Phi) is 11.0. The van der Waals surface area contributed by atoms with Gasteiger partial charge in [-0.2, -0.15) is 12.6 Å². The third kappa shape index (κ3) is 9.07. The maximum absolute atomic E-state index is 12.4. The number of hydrogen-bond donors (Lipinski definition) is 7. The average Bonchev–Trinajstić information content (AvgIpc) is 2.56. The molecule has 5 unspecified atom stereocenters. The minimum atomic E-state index is -1.22. The average molecular weight is 407 g/mol. The van der Waals surface area contributed by atoms with E-state index in [1.807, 2.05) is 13.8 Å². The molecule has 0 heterocycles. The number of nitrogens with two attached hydrogens (primary N) is 1. The fourth-order valence-electron chi connectivity index (χ4n) is 2.03. The van der Waals surface area contributed by atoms with E-state index in [0.717, 1.165) is 0 Å². The van der Waals surface area contributed by atoms with Crippen LogP contribution in [-0.2, 0) is 19.2 Å². The van der Waals surface area contributed by atoms with Crippen molar-refractivity contribution in [3.63, 3.8) is 0 Å². The minimum Gasteiger partial charge on any atom is -0.480 e. The molecule has 0 fully saturated rings. The van der Waals surface area contributed by atoms with Gasteiger partial charge in [0, 0.05) is 5.75 Å². The van der Waals surface area contributed by atoms with Gasteiger partial charge in [-0.05, 0) is 26.2 Å².